The number of aryl methyl sites for hydroxylation is 1. The summed E-state index contributed by atoms with van der Waals surface area (Å²) < 4.78 is 6.11. The Bertz CT molecular complexity index is 916. The van der Waals surface area contributed by atoms with Crippen molar-refractivity contribution >= 4 is 57.5 Å². The van der Waals surface area contributed by atoms with Crippen molar-refractivity contribution in [3.8, 4) is 0 Å². The molecule has 0 aliphatic heterocycles. The van der Waals surface area contributed by atoms with Crippen LogP contribution in [0.1, 0.15) is 22.1 Å². The number of halogens is 2. The van der Waals surface area contributed by atoms with Gasteiger partial charge < -0.3 is 9.84 Å². The van der Waals surface area contributed by atoms with Crippen LogP contribution in [-0.4, -0.2) is 16.0 Å². The zero-order valence-electron chi connectivity index (χ0n) is 13.1. The maximum Gasteiger partial charge on any atom is 0.256 e. The van der Waals surface area contributed by atoms with E-state index in [0.717, 1.165) is 8.47 Å². The van der Waals surface area contributed by atoms with Gasteiger partial charge in [-0.05, 0) is 59.8 Å². The minimum absolute atomic E-state index is 0.215. The highest BCUT2D eigenvalue weighted by Crippen LogP contribution is 2.28. The molecule has 1 N–H and O–H groups in total. The SMILES string of the molecule is Cc1noc(CSc2ccccc2C(=O)Nc2ccc(I)cc2Cl)n1. The summed E-state index contributed by atoms with van der Waals surface area (Å²) in [6, 6.07) is 12.9. The maximum atomic E-state index is 12.7. The van der Waals surface area contributed by atoms with Crippen LogP contribution in [0.15, 0.2) is 51.9 Å². The van der Waals surface area contributed by atoms with E-state index in [4.69, 9.17) is 16.1 Å². The molecule has 1 amide bonds. The van der Waals surface area contributed by atoms with Crippen molar-refractivity contribution in [1.29, 1.82) is 0 Å². The standard InChI is InChI=1S/C17H13ClIN3O2S/c1-10-20-16(24-22-10)9-25-15-5-3-2-4-12(15)17(23)21-14-7-6-11(19)8-13(14)18/h2-8H,9H2,1H3,(H,21,23). The Labute approximate surface area is 167 Å². The molecule has 0 aliphatic rings. The minimum Gasteiger partial charge on any atom is -0.338 e. The molecule has 0 bridgehead atoms. The summed E-state index contributed by atoms with van der Waals surface area (Å²) in [4.78, 5) is 17.7. The smallest absolute Gasteiger partial charge is 0.256 e. The number of carbonyl (C=O) groups excluding carboxylic acids is 1. The fraction of sp³-hybridized carbons (Fsp3) is 0.118. The van der Waals surface area contributed by atoms with Gasteiger partial charge in [0.15, 0.2) is 5.82 Å². The predicted octanol–water partition coefficient (Wildman–Crippen LogP) is 5.18. The quantitative estimate of drug-likeness (QED) is 0.398. The molecular weight excluding hydrogens is 473 g/mol. The molecule has 25 heavy (non-hydrogen) atoms. The molecule has 0 radical (unpaired) electrons. The highest BCUT2D eigenvalue weighted by molar-refractivity contribution is 14.1. The number of hydrogen-bond acceptors (Lipinski definition) is 5. The van der Waals surface area contributed by atoms with Gasteiger partial charge in [-0.2, -0.15) is 4.98 Å². The largest absolute Gasteiger partial charge is 0.338 e. The Hall–Kier alpha value is -1.58. The van der Waals surface area contributed by atoms with E-state index in [0.29, 0.717) is 33.7 Å². The van der Waals surface area contributed by atoms with Crippen LogP contribution in [0.25, 0.3) is 0 Å². The van der Waals surface area contributed by atoms with Gasteiger partial charge in [-0.25, -0.2) is 0 Å². The average molecular weight is 486 g/mol. The summed E-state index contributed by atoms with van der Waals surface area (Å²) >= 11 is 9.83. The van der Waals surface area contributed by atoms with E-state index in [9.17, 15) is 4.79 Å². The normalized spacial score (nSPS) is 10.7. The Morgan fingerprint density at radius 3 is 2.84 bits per heavy atom. The van der Waals surface area contributed by atoms with Crippen LogP contribution in [0.3, 0.4) is 0 Å². The van der Waals surface area contributed by atoms with Crippen LogP contribution in [0.2, 0.25) is 5.02 Å². The second-order valence-electron chi connectivity index (χ2n) is 5.10. The minimum atomic E-state index is -0.215. The van der Waals surface area contributed by atoms with E-state index in [1.54, 1.807) is 25.1 Å². The van der Waals surface area contributed by atoms with Gasteiger partial charge in [0.1, 0.15) is 0 Å². The molecule has 3 aromatic rings. The third-order valence-electron chi connectivity index (χ3n) is 3.23. The van der Waals surface area contributed by atoms with Crippen LogP contribution >= 0.6 is 46.0 Å². The molecule has 2 aromatic carbocycles. The first kappa shape index (κ1) is 18.2. The lowest BCUT2D eigenvalue weighted by atomic mass is 10.2. The molecule has 0 spiro atoms. The van der Waals surface area contributed by atoms with E-state index in [2.05, 4.69) is 38.0 Å². The van der Waals surface area contributed by atoms with Crippen molar-refractivity contribution in [1.82, 2.24) is 10.1 Å². The third-order valence-corrected chi connectivity index (χ3v) is 5.27. The molecule has 128 valence electrons. The molecule has 0 aliphatic carbocycles. The number of carbonyl (C=O) groups is 1. The van der Waals surface area contributed by atoms with Gasteiger partial charge in [-0.15, -0.1) is 11.8 Å². The number of hydrogen-bond donors (Lipinski definition) is 1. The number of anilines is 1. The van der Waals surface area contributed by atoms with Gasteiger partial charge in [0.2, 0.25) is 5.89 Å². The lowest BCUT2D eigenvalue weighted by Gasteiger charge is -2.10. The Morgan fingerprint density at radius 2 is 2.12 bits per heavy atom. The van der Waals surface area contributed by atoms with E-state index in [-0.39, 0.29) is 5.91 Å². The van der Waals surface area contributed by atoms with Crippen LogP contribution < -0.4 is 5.32 Å². The van der Waals surface area contributed by atoms with E-state index in [1.165, 1.54) is 11.8 Å². The van der Waals surface area contributed by atoms with E-state index < -0.39 is 0 Å². The number of rotatable bonds is 5. The van der Waals surface area contributed by atoms with Gasteiger partial charge in [0.05, 0.1) is 22.0 Å². The molecule has 0 saturated heterocycles. The molecule has 8 heteroatoms. The van der Waals surface area contributed by atoms with Crippen LogP contribution in [0, 0.1) is 10.5 Å². The van der Waals surface area contributed by atoms with Crippen LogP contribution in [0.4, 0.5) is 5.69 Å². The summed E-state index contributed by atoms with van der Waals surface area (Å²) in [6.07, 6.45) is 0. The summed E-state index contributed by atoms with van der Waals surface area (Å²) in [6.45, 7) is 1.77. The molecule has 1 heterocycles. The highest BCUT2D eigenvalue weighted by atomic mass is 127. The first-order valence-corrected chi connectivity index (χ1v) is 9.74. The first-order valence-electron chi connectivity index (χ1n) is 7.30. The van der Waals surface area contributed by atoms with Gasteiger partial charge >= 0.3 is 0 Å². The predicted molar refractivity (Wildman–Crippen MR) is 107 cm³/mol. The van der Waals surface area contributed by atoms with Gasteiger partial charge in [0.25, 0.3) is 5.91 Å². The number of amides is 1. The van der Waals surface area contributed by atoms with Crippen molar-refractivity contribution in [2.45, 2.75) is 17.6 Å². The fourth-order valence-corrected chi connectivity index (χ4v) is 3.89. The van der Waals surface area contributed by atoms with Crippen LogP contribution in [0.5, 0.6) is 0 Å². The summed E-state index contributed by atoms with van der Waals surface area (Å²) in [7, 11) is 0. The first-order chi connectivity index (χ1) is 12.0. The lowest BCUT2D eigenvalue weighted by Crippen LogP contribution is -2.13. The van der Waals surface area contributed by atoms with Crippen molar-refractivity contribution < 1.29 is 9.32 Å². The fourth-order valence-electron chi connectivity index (χ4n) is 2.10. The number of benzene rings is 2. The average Bonchev–Trinajstić information content (AvgIpc) is 3.01. The summed E-state index contributed by atoms with van der Waals surface area (Å²) in [5.41, 5.74) is 1.15. The second-order valence-corrected chi connectivity index (χ2v) is 7.77. The van der Waals surface area contributed by atoms with Crippen molar-refractivity contribution in [3.63, 3.8) is 0 Å². The Balaban J connectivity index is 1.76. The number of aromatic nitrogens is 2. The van der Waals surface area contributed by atoms with Gasteiger partial charge in [-0.1, -0.05) is 28.9 Å². The lowest BCUT2D eigenvalue weighted by molar-refractivity contribution is 0.102. The summed E-state index contributed by atoms with van der Waals surface area (Å²) in [5.74, 6) is 1.40. The molecule has 0 unspecified atom stereocenters. The zero-order chi connectivity index (χ0) is 17.8. The highest BCUT2D eigenvalue weighted by Gasteiger charge is 2.14. The van der Waals surface area contributed by atoms with Crippen molar-refractivity contribution in [3.05, 3.63) is 68.3 Å². The molecule has 0 saturated carbocycles. The second kappa shape index (κ2) is 8.20. The van der Waals surface area contributed by atoms with Gasteiger partial charge in [-0.3, -0.25) is 4.79 Å². The third kappa shape index (κ3) is 4.74. The molecule has 3 rings (SSSR count). The number of nitrogens with zero attached hydrogens (tertiary/aromatic N) is 2. The van der Waals surface area contributed by atoms with E-state index >= 15 is 0 Å². The molecule has 0 atom stereocenters. The molecular formula is C17H13ClIN3O2S. The van der Waals surface area contributed by atoms with Crippen LogP contribution in [-0.2, 0) is 5.75 Å². The molecule has 5 nitrogen and oxygen atoms in total. The topological polar surface area (TPSA) is 68.0 Å². The van der Waals surface area contributed by atoms with Crippen molar-refractivity contribution in [2.75, 3.05) is 5.32 Å². The number of thioether (sulfide) groups is 1. The number of nitrogens with one attached hydrogen (secondary N) is 1. The summed E-state index contributed by atoms with van der Waals surface area (Å²) in [5, 5.41) is 7.13. The molecule has 1 aromatic heterocycles. The monoisotopic (exact) mass is 485 g/mol. The zero-order valence-corrected chi connectivity index (χ0v) is 16.9. The van der Waals surface area contributed by atoms with E-state index in [1.807, 2.05) is 24.3 Å². The Kier molecular flexibility index (Phi) is 5.98. The molecule has 0 fully saturated rings. The maximum absolute atomic E-state index is 12.7. The van der Waals surface area contributed by atoms with Crippen molar-refractivity contribution in [2.24, 2.45) is 0 Å². The van der Waals surface area contributed by atoms with Gasteiger partial charge in [0, 0.05) is 8.47 Å². The Morgan fingerprint density at radius 1 is 1.32 bits per heavy atom.